The Morgan fingerprint density at radius 3 is 2.85 bits per heavy atom. The zero-order valence-electron chi connectivity index (χ0n) is 10.4. The Bertz CT molecular complexity index is 753. The van der Waals surface area contributed by atoms with Gasteiger partial charge in [0.1, 0.15) is 0 Å². The topological polar surface area (TPSA) is 73.8 Å². The van der Waals surface area contributed by atoms with Gasteiger partial charge in [0, 0.05) is 36.3 Å². The van der Waals surface area contributed by atoms with Crippen molar-refractivity contribution < 1.29 is 4.92 Å². The molecular formula is C14H10N4O2. The van der Waals surface area contributed by atoms with Crippen molar-refractivity contribution in [2.45, 2.75) is 0 Å². The average Bonchev–Trinajstić information content (AvgIpc) is 2.98. The number of hydrogen-bond donors (Lipinski definition) is 0. The van der Waals surface area contributed by atoms with E-state index >= 15 is 0 Å². The Kier molecular flexibility index (Phi) is 2.96. The molecule has 0 N–H and O–H groups in total. The summed E-state index contributed by atoms with van der Waals surface area (Å²) in [6.45, 7) is 0. The van der Waals surface area contributed by atoms with Crippen molar-refractivity contribution in [3.63, 3.8) is 0 Å². The third-order valence-electron chi connectivity index (χ3n) is 2.88. The number of benzene rings is 1. The number of aromatic nitrogens is 3. The van der Waals surface area contributed by atoms with Crippen LogP contribution in [0.15, 0.2) is 61.3 Å². The number of nitro groups is 1. The summed E-state index contributed by atoms with van der Waals surface area (Å²) in [5, 5.41) is 10.8. The van der Waals surface area contributed by atoms with Crippen molar-refractivity contribution in [2.24, 2.45) is 0 Å². The van der Waals surface area contributed by atoms with Gasteiger partial charge >= 0.3 is 0 Å². The molecule has 0 aliphatic carbocycles. The third-order valence-corrected chi connectivity index (χ3v) is 2.88. The molecule has 0 spiro atoms. The molecule has 0 saturated heterocycles. The van der Waals surface area contributed by atoms with E-state index in [0.717, 1.165) is 11.3 Å². The smallest absolute Gasteiger partial charge is 0.271 e. The van der Waals surface area contributed by atoms with Crippen LogP contribution in [0.5, 0.6) is 0 Å². The number of rotatable bonds is 3. The molecule has 6 heteroatoms. The molecule has 3 rings (SSSR count). The Labute approximate surface area is 114 Å². The molecule has 0 fully saturated rings. The van der Waals surface area contributed by atoms with Crippen molar-refractivity contribution in [1.82, 2.24) is 14.5 Å². The van der Waals surface area contributed by atoms with Crippen LogP contribution in [-0.2, 0) is 0 Å². The third kappa shape index (κ3) is 2.26. The van der Waals surface area contributed by atoms with Crippen molar-refractivity contribution in [3.05, 3.63) is 71.4 Å². The fourth-order valence-electron chi connectivity index (χ4n) is 1.89. The van der Waals surface area contributed by atoms with Crippen LogP contribution in [-0.4, -0.2) is 19.5 Å². The summed E-state index contributed by atoms with van der Waals surface area (Å²) in [4.78, 5) is 18.7. The van der Waals surface area contributed by atoms with Gasteiger partial charge in [-0.1, -0.05) is 6.07 Å². The second-order valence-electron chi connectivity index (χ2n) is 4.18. The van der Waals surface area contributed by atoms with Crippen LogP contribution >= 0.6 is 0 Å². The predicted molar refractivity (Wildman–Crippen MR) is 73.4 cm³/mol. The first-order chi connectivity index (χ1) is 9.74. The van der Waals surface area contributed by atoms with Crippen molar-refractivity contribution >= 4 is 5.69 Å². The maximum atomic E-state index is 10.8. The molecule has 3 aromatic rings. The van der Waals surface area contributed by atoms with Crippen LogP contribution in [0.4, 0.5) is 5.69 Å². The molecular weight excluding hydrogens is 256 g/mol. The summed E-state index contributed by atoms with van der Waals surface area (Å²) in [5.41, 5.74) is 2.42. The van der Waals surface area contributed by atoms with Crippen LogP contribution in [0.25, 0.3) is 16.9 Å². The molecule has 1 aromatic carbocycles. The molecule has 0 atom stereocenters. The molecule has 20 heavy (non-hydrogen) atoms. The summed E-state index contributed by atoms with van der Waals surface area (Å²) in [6.07, 6.45) is 6.86. The van der Waals surface area contributed by atoms with Gasteiger partial charge < -0.3 is 4.57 Å². The van der Waals surface area contributed by atoms with Crippen molar-refractivity contribution in [1.29, 1.82) is 0 Å². The van der Waals surface area contributed by atoms with Gasteiger partial charge in [-0.05, 0) is 18.2 Å². The van der Waals surface area contributed by atoms with Crippen molar-refractivity contribution in [3.8, 4) is 16.9 Å². The maximum Gasteiger partial charge on any atom is 0.271 e. The second-order valence-corrected chi connectivity index (χ2v) is 4.18. The zero-order valence-corrected chi connectivity index (χ0v) is 10.4. The lowest BCUT2D eigenvalue weighted by atomic mass is 10.2. The molecule has 98 valence electrons. The summed E-state index contributed by atoms with van der Waals surface area (Å²) in [5.74, 6) is 0. The fraction of sp³-hybridized carbons (Fsp3) is 0. The fourth-order valence-corrected chi connectivity index (χ4v) is 1.89. The number of imidazole rings is 1. The largest absolute Gasteiger partial charge is 0.305 e. The summed E-state index contributed by atoms with van der Waals surface area (Å²) >= 11 is 0. The molecule has 0 saturated carbocycles. The van der Waals surface area contributed by atoms with Crippen LogP contribution in [0, 0.1) is 10.1 Å². The van der Waals surface area contributed by atoms with Gasteiger partial charge in [-0.25, -0.2) is 4.98 Å². The van der Waals surface area contributed by atoms with E-state index in [1.54, 1.807) is 35.4 Å². The van der Waals surface area contributed by atoms with Crippen LogP contribution < -0.4 is 0 Å². The number of nitro benzene ring substituents is 1. The van der Waals surface area contributed by atoms with Gasteiger partial charge in [0.2, 0.25) is 0 Å². The highest BCUT2D eigenvalue weighted by Gasteiger charge is 2.08. The number of pyridine rings is 1. The summed E-state index contributed by atoms with van der Waals surface area (Å²) in [7, 11) is 0. The monoisotopic (exact) mass is 266 g/mol. The van der Waals surface area contributed by atoms with Gasteiger partial charge in [0.15, 0.2) is 0 Å². The molecule has 0 unspecified atom stereocenters. The lowest BCUT2D eigenvalue weighted by Crippen LogP contribution is -1.93. The molecule has 2 heterocycles. The quantitative estimate of drug-likeness (QED) is 0.539. The lowest BCUT2D eigenvalue weighted by molar-refractivity contribution is -0.384. The minimum Gasteiger partial charge on any atom is -0.305 e. The van der Waals surface area contributed by atoms with Crippen LogP contribution in [0.1, 0.15) is 0 Å². The summed E-state index contributed by atoms with van der Waals surface area (Å²) in [6, 6.07) is 10.2. The Morgan fingerprint density at radius 1 is 1.20 bits per heavy atom. The predicted octanol–water partition coefficient (Wildman–Crippen LogP) is 2.84. The molecule has 0 radical (unpaired) electrons. The van der Waals surface area contributed by atoms with E-state index in [0.29, 0.717) is 5.69 Å². The van der Waals surface area contributed by atoms with E-state index in [-0.39, 0.29) is 5.69 Å². The van der Waals surface area contributed by atoms with E-state index in [1.807, 2.05) is 18.3 Å². The molecule has 0 aliphatic rings. The minimum absolute atomic E-state index is 0.0547. The second kappa shape index (κ2) is 4.93. The Balaban J connectivity index is 1.98. The first-order valence-electron chi connectivity index (χ1n) is 5.93. The van der Waals surface area contributed by atoms with E-state index in [9.17, 15) is 10.1 Å². The van der Waals surface area contributed by atoms with E-state index in [2.05, 4.69) is 9.97 Å². The van der Waals surface area contributed by atoms with Gasteiger partial charge in [-0.2, -0.15) is 0 Å². The molecule has 0 bridgehead atoms. The van der Waals surface area contributed by atoms with E-state index < -0.39 is 4.92 Å². The number of hydrogen-bond acceptors (Lipinski definition) is 4. The van der Waals surface area contributed by atoms with Gasteiger partial charge in [-0.3, -0.25) is 15.1 Å². The highest BCUT2D eigenvalue weighted by atomic mass is 16.6. The average molecular weight is 266 g/mol. The van der Waals surface area contributed by atoms with E-state index in [4.69, 9.17) is 0 Å². The molecule has 0 amide bonds. The molecule has 0 aliphatic heterocycles. The maximum absolute atomic E-state index is 10.8. The highest BCUT2D eigenvalue weighted by Crippen LogP contribution is 2.20. The van der Waals surface area contributed by atoms with Crippen LogP contribution in [0.3, 0.4) is 0 Å². The summed E-state index contributed by atoms with van der Waals surface area (Å²) < 4.78 is 1.75. The number of nitrogens with zero attached hydrogens (tertiary/aromatic N) is 4. The standard InChI is InChI=1S/C14H10N4O2/c19-18(20)13-5-1-4-12(7-13)17-9-14(16-10-17)11-3-2-6-15-8-11/h1-10H. The SMILES string of the molecule is O=[N+]([O-])c1cccc(-n2cnc(-c3cccnc3)c2)c1. The number of non-ortho nitro benzene ring substituents is 1. The minimum atomic E-state index is -0.414. The Morgan fingerprint density at radius 2 is 2.10 bits per heavy atom. The first-order valence-corrected chi connectivity index (χ1v) is 5.93. The lowest BCUT2D eigenvalue weighted by Gasteiger charge is -2.01. The molecule has 2 aromatic heterocycles. The zero-order chi connectivity index (χ0) is 13.9. The van der Waals surface area contributed by atoms with Gasteiger partial charge in [-0.15, -0.1) is 0 Å². The van der Waals surface area contributed by atoms with E-state index in [1.165, 1.54) is 12.1 Å². The molecule has 6 nitrogen and oxygen atoms in total. The highest BCUT2D eigenvalue weighted by molar-refractivity contribution is 5.57. The first kappa shape index (κ1) is 12.0. The van der Waals surface area contributed by atoms with Gasteiger partial charge in [0.05, 0.1) is 22.6 Å². The Hall–Kier alpha value is -3.02. The normalized spacial score (nSPS) is 10.4. The van der Waals surface area contributed by atoms with Crippen molar-refractivity contribution in [2.75, 3.05) is 0 Å². The van der Waals surface area contributed by atoms with Crippen LogP contribution in [0.2, 0.25) is 0 Å². The van der Waals surface area contributed by atoms with Gasteiger partial charge in [0.25, 0.3) is 5.69 Å².